The molecule has 0 radical (unpaired) electrons. The molecule has 0 spiro atoms. The fourth-order valence-electron chi connectivity index (χ4n) is 6.86. The van der Waals surface area contributed by atoms with Crippen LogP contribution in [0.15, 0.2) is 0 Å². The molecule has 0 aromatic heterocycles. The minimum Gasteiger partial charge on any atom is -0.381 e. The lowest BCUT2D eigenvalue weighted by Crippen LogP contribution is -2.50. The first-order valence-electron chi connectivity index (χ1n) is 15.5. The van der Waals surface area contributed by atoms with Gasteiger partial charge >= 0.3 is 0 Å². The highest BCUT2D eigenvalue weighted by molar-refractivity contribution is 5.79. The lowest BCUT2D eigenvalue weighted by molar-refractivity contribution is -0.254. The molecule has 0 bridgehead atoms. The molecule has 2 saturated heterocycles. The van der Waals surface area contributed by atoms with Crippen molar-refractivity contribution < 1.29 is 23.7 Å². The lowest BCUT2D eigenvalue weighted by Gasteiger charge is -2.43. The average molecular weight is 525 g/mol. The quantitative estimate of drug-likeness (QED) is 0.336. The van der Waals surface area contributed by atoms with E-state index in [1.54, 1.807) is 0 Å². The Morgan fingerprint density at radius 2 is 1.14 bits per heavy atom. The van der Waals surface area contributed by atoms with Crippen molar-refractivity contribution in [2.24, 2.45) is 11.8 Å². The van der Waals surface area contributed by atoms with Crippen LogP contribution in [0, 0.1) is 11.8 Å². The smallest absolute Gasteiger partial charge is 0.170 e. The van der Waals surface area contributed by atoms with Gasteiger partial charge in [-0.1, -0.05) is 0 Å². The van der Waals surface area contributed by atoms with E-state index < -0.39 is 0 Å². The third-order valence-corrected chi connectivity index (χ3v) is 8.91. The molecule has 2 aliphatic carbocycles. The molecular weight excluding hydrogens is 468 g/mol. The molecule has 7 heteroatoms. The molecule has 4 atom stereocenters. The van der Waals surface area contributed by atoms with Gasteiger partial charge in [0.2, 0.25) is 0 Å². The molecule has 0 N–H and O–H groups in total. The highest BCUT2D eigenvalue weighted by Gasteiger charge is 2.39. The second kappa shape index (κ2) is 16.5. The number of carbonyl (C=O) groups is 1. The highest BCUT2D eigenvalue weighted by atomic mass is 16.7. The van der Waals surface area contributed by atoms with Gasteiger partial charge in [-0.05, 0) is 78.1 Å². The number of hydrogen-bond acceptors (Lipinski definition) is 7. The van der Waals surface area contributed by atoms with E-state index in [0.717, 1.165) is 115 Å². The zero-order valence-corrected chi connectivity index (χ0v) is 24.4. The van der Waals surface area contributed by atoms with Gasteiger partial charge in [-0.3, -0.25) is 14.6 Å². The molecule has 2 heterocycles. The van der Waals surface area contributed by atoms with Crippen LogP contribution in [-0.2, 0) is 23.7 Å². The van der Waals surface area contributed by atoms with Crippen molar-refractivity contribution in [3.63, 3.8) is 0 Å². The van der Waals surface area contributed by atoms with E-state index in [4.69, 9.17) is 18.9 Å². The Kier molecular flexibility index (Phi) is 13.8. The van der Waals surface area contributed by atoms with Crippen molar-refractivity contribution in [3.8, 4) is 0 Å². The minimum atomic E-state index is -0.316. The summed E-state index contributed by atoms with van der Waals surface area (Å²) >= 11 is 0. The maximum absolute atomic E-state index is 11.2. The van der Waals surface area contributed by atoms with Gasteiger partial charge < -0.3 is 18.9 Å². The average Bonchev–Trinajstić information content (AvgIpc) is 3.58. The zero-order valence-electron chi connectivity index (χ0n) is 24.4. The number of hydrogen-bond donors (Lipinski definition) is 0. The van der Waals surface area contributed by atoms with Gasteiger partial charge in [-0.15, -0.1) is 0 Å². The predicted molar refractivity (Wildman–Crippen MR) is 148 cm³/mol. The molecule has 4 rings (SSSR count). The van der Waals surface area contributed by atoms with Crippen molar-refractivity contribution in [1.29, 1.82) is 0 Å². The zero-order chi connectivity index (χ0) is 26.5. The minimum absolute atomic E-state index is 0.316. The normalized spacial score (nSPS) is 30.9. The number of likely N-dealkylation sites (tertiary alicyclic amines) is 2. The molecule has 0 unspecified atom stereocenters. The van der Waals surface area contributed by atoms with Crippen molar-refractivity contribution in [2.45, 2.75) is 110 Å². The predicted octanol–water partition coefficient (Wildman–Crippen LogP) is 4.91. The highest BCUT2D eigenvalue weighted by Crippen LogP contribution is 2.35. The fraction of sp³-hybridized carbons (Fsp3) is 0.967. The molecule has 2 saturated carbocycles. The van der Waals surface area contributed by atoms with Crippen LogP contribution in [0.2, 0.25) is 0 Å². The summed E-state index contributed by atoms with van der Waals surface area (Å²) in [5, 5.41) is 0. The Bertz CT molecular complexity index is 621. The second-order valence-corrected chi connectivity index (χ2v) is 11.4. The van der Waals surface area contributed by atoms with E-state index in [9.17, 15) is 4.79 Å². The van der Waals surface area contributed by atoms with Crippen LogP contribution in [0.4, 0.5) is 0 Å². The van der Waals surface area contributed by atoms with E-state index in [2.05, 4.69) is 37.5 Å². The van der Waals surface area contributed by atoms with E-state index in [0.29, 0.717) is 5.78 Å². The fourth-order valence-corrected chi connectivity index (χ4v) is 6.86. The molecule has 0 aromatic rings. The standard InChI is InChI=1S/C17H33NO3.C13H23NO2/c1-4-19-14-15-7-8-16(13-15)18-11-9-17(10-12-18,20-5-2)21-6-3;1-2-16-10-11-3-4-12(9-11)14-7-5-13(15)6-8-14/h15-16H,4-14H2,1-3H3;11-12H,2-10H2,1H3/t15-,16+;11-,12+/m00/s1. The number of piperidine rings is 2. The van der Waals surface area contributed by atoms with Gasteiger partial charge in [0.15, 0.2) is 5.79 Å². The first kappa shape index (κ1) is 31.0. The van der Waals surface area contributed by atoms with Gasteiger partial charge in [0, 0.05) is 104 Å². The number of carbonyl (C=O) groups excluding carboxylic acids is 1. The summed E-state index contributed by atoms with van der Waals surface area (Å²) in [4.78, 5) is 16.4. The maximum Gasteiger partial charge on any atom is 0.170 e. The molecule has 7 nitrogen and oxygen atoms in total. The first-order valence-corrected chi connectivity index (χ1v) is 15.5. The monoisotopic (exact) mass is 524 g/mol. The van der Waals surface area contributed by atoms with Gasteiger partial charge in [-0.2, -0.15) is 0 Å². The van der Waals surface area contributed by atoms with E-state index in [-0.39, 0.29) is 5.79 Å². The number of nitrogens with zero attached hydrogens (tertiary/aromatic N) is 2. The van der Waals surface area contributed by atoms with Crippen molar-refractivity contribution in [2.75, 3.05) is 65.8 Å². The Morgan fingerprint density at radius 1 is 0.676 bits per heavy atom. The molecule has 2 aliphatic heterocycles. The number of ether oxygens (including phenoxy) is 4. The lowest BCUT2D eigenvalue weighted by atomic mass is 10.0. The first-order chi connectivity index (χ1) is 18.0. The SMILES string of the molecule is CCOC[C@H]1CC[C@@H](N2CCC(=O)CC2)C1.CCOC[C@H]1CC[C@@H](N2CCC(OCC)(OCC)CC2)C1. The Hall–Kier alpha value is -0.570. The van der Waals surface area contributed by atoms with E-state index in [1.807, 2.05) is 0 Å². The van der Waals surface area contributed by atoms with Gasteiger partial charge in [0.25, 0.3) is 0 Å². The third kappa shape index (κ3) is 9.84. The maximum atomic E-state index is 11.2. The summed E-state index contributed by atoms with van der Waals surface area (Å²) in [6.07, 6.45) is 11.4. The van der Waals surface area contributed by atoms with Crippen molar-refractivity contribution in [1.82, 2.24) is 9.80 Å². The molecule has 0 amide bonds. The van der Waals surface area contributed by atoms with Crippen LogP contribution in [0.1, 0.15) is 91.9 Å². The number of ketones is 1. The van der Waals surface area contributed by atoms with E-state index >= 15 is 0 Å². The molecule has 4 aliphatic rings. The van der Waals surface area contributed by atoms with Gasteiger partial charge in [0.1, 0.15) is 5.78 Å². The summed E-state index contributed by atoms with van der Waals surface area (Å²) in [6, 6.07) is 1.47. The third-order valence-electron chi connectivity index (χ3n) is 8.91. The van der Waals surface area contributed by atoms with Crippen LogP contribution in [-0.4, -0.2) is 99.3 Å². The summed E-state index contributed by atoms with van der Waals surface area (Å²) < 4.78 is 22.9. The Labute approximate surface area is 226 Å². The topological polar surface area (TPSA) is 60.5 Å². The summed E-state index contributed by atoms with van der Waals surface area (Å²) in [7, 11) is 0. The second-order valence-electron chi connectivity index (χ2n) is 11.4. The summed E-state index contributed by atoms with van der Waals surface area (Å²) in [6.45, 7) is 17.5. The van der Waals surface area contributed by atoms with Crippen molar-refractivity contribution >= 4 is 5.78 Å². The Balaban J connectivity index is 0.000000213. The molecule has 4 fully saturated rings. The van der Waals surface area contributed by atoms with Crippen LogP contribution >= 0.6 is 0 Å². The Morgan fingerprint density at radius 3 is 1.57 bits per heavy atom. The van der Waals surface area contributed by atoms with E-state index in [1.165, 1.54) is 38.5 Å². The molecular formula is C30H56N2O5. The largest absolute Gasteiger partial charge is 0.381 e. The van der Waals surface area contributed by atoms with Crippen LogP contribution in [0.5, 0.6) is 0 Å². The molecule has 0 aromatic carbocycles. The van der Waals surface area contributed by atoms with Gasteiger partial charge in [-0.25, -0.2) is 0 Å². The van der Waals surface area contributed by atoms with Crippen molar-refractivity contribution in [3.05, 3.63) is 0 Å². The number of Topliss-reactive ketones (excluding diaryl/α,β-unsaturated/α-hetero) is 1. The van der Waals surface area contributed by atoms with Crippen LogP contribution < -0.4 is 0 Å². The summed E-state index contributed by atoms with van der Waals surface area (Å²) in [5.41, 5.74) is 0. The van der Waals surface area contributed by atoms with Crippen LogP contribution in [0.25, 0.3) is 0 Å². The van der Waals surface area contributed by atoms with Gasteiger partial charge in [0.05, 0.1) is 0 Å². The van der Waals surface area contributed by atoms with Crippen LogP contribution in [0.3, 0.4) is 0 Å². The number of rotatable bonds is 12. The molecule has 37 heavy (non-hydrogen) atoms. The molecule has 216 valence electrons. The summed E-state index contributed by atoms with van der Waals surface area (Å²) in [5.74, 6) is 1.65.